The van der Waals surface area contributed by atoms with Gasteiger partial charge in [0, 0.05) is 0 Å². The predicted octanol–water partition coefficient (Wildman–Crippen LogP) is 2.22. The van der Waals surface area contributed by atoms with Crippen molar-refractivity contribution in [2.75, 3.05) is 11.4 Å². The van der Waals surface area contributed by atoms with Gasteiger partial charge in [-0.3, -0.25) is 4.79 Å². The Morgan fingerprint density at radius 1 is 1.28 bits per heavy atom. The summed E-state index contributed by atoms with van der Waals surface area (Å²) in [4.78, 5) is 13.7. The Labute approximate surface area is 108 Å². The highest BCUT2D eigenvalue weighted by Crippen LogP contribution is 2.31. The molecular formula is C15H21NO2. The van der Waals surface area contributed by atoms with Crippen molar-refractivity contribution in [3.05, 3.63) is 28.8 Å². The number of hydrogen-bond acceptors (Lipinski definition) is 2. The van der Waals surface area contributed by atoms with E-state index in [1.54, 1.807) is 4.90 Å². The number of hydrogen-bond donors (Lipinski definition) is 1. The van der Waals surface area contributed by atoms with Crippen LogP contribution in [-0.2, 0) is 17.6 Å². The van der Waals surface area contributed by atoms with Crippen LogP contribution in [0.1, 0.15) is 37.0 Å². The van der Waals surface area contributed by atoms with Gasteiger partial charge in [0.25, 0.3) is 0 Å². The molecule has 1 saturated heterocycles. The first-order valence-corrected chi connectivity index (χ1v) is 6.67. The largest absolute Gasteiger partial charge is 0.391 e. The average Bonchev–Trinajstić information content (AvgIpc) is 2.66. The summed E-state index contributed by atoms with van der Waals surface area (Å²) in [5.41, 5.74) is 4.68. The Balaban J connectivity index is 2.51. The molecule has 1 aromatic rings. The summed E-state index contributed by atoms with van der Waals surface area (Å²) in [6.45, 7) is 6.73. The van der Waals surface area contributed by atoms with Gasteiger partial charge in [0.2, 0.25) is 5.91 Å². The minimum absolute atomic E-state index is 0.0377. The van der Waals surface area contributed by atoms with E-state index in [-0.39, 0.29) is 12.3 Å². The number of rotatable bonds is 3. The maximum atomic E-state index is 12.0. The molecule has 98 valence electrons. The normalized spacial score (nSPS) is 19.7. The van der Waals surface area contributed by atoms with E-state index in [1.807, 2.05) is 0 Å². The van der Waals surface area contributed by atoms with Crippen LogP contribution in [0.4, 0.5) is 5.69 Å². The Morgan fingerprint density at radius 3 is 2.22 bits per heavy atom. The first-order chi connectivity index (χ1) is 8.56. The lowest BCUT2D eigenvalue weighted by molar-refractivity contribution is -0.117. The average molecular weight is 247 g/mol. The lowest BCUT2D eigenvalue weighted by atomic mass is 9.99. The third-order valence-electron chi connectivity index (χ3n) is 3.55. The number of anilines is 1. The van der Waals surface area contributed by atoms with Crippen molar-refractivity contribution in [1.82, 2.24) is 0 Å². The predicted molar refractivity (Wildman–Crippen MR) is 72.9 cm³/mol. The van der Waals surface area contributed by atoms with E-state index in [0.29, 0.717) is 6.54 Å². The molecule has 1 amide bonds. The molecule has 0 spiro atoms. The van der Waals surface area contributed by atoms with Gasteiger partial charge in [-0.05, 0) is 30.9 Å². The van der Waals surface area contributed by atoms with E-state index in [2.05, 4.69) is 32.9 Å². The Kier molecular flexibility index (Phi) is 3.71. The molecule has 18 heavy (non-hydrogen) atoms. The third kappa shape index (κ3) is 2.27. The van der Waals surface area contributed by atoms with Gasteiger partial charge < -0.3 is 10.0 Å². The van der Waals surface area contributed by atoms with Crippen LogP contribution in [0.15, 0.2) is 12.1 Å². The van der Waals surface area contributed by atoms with E-state index in [0.717, 1.165) is 18.5 Å². The number of β-amino-alcohol motifs (C(OH)–C–C–N with tert-alkyl or cyclic N) is 1. The first kappa shape index (κ1) is 13.1. The zero-order valence-corrected chi connectivity index (χ0v) is 11.4. The van der Waals surface area contributed by atoms with E-state index in [1.165, 1.54) is 16.7 Å². The summed E-state index contributed by atoms with van der Waals surface area (Å²) in [5, 5.41) is 9.65. The topological polar surface area (TPSA) is 40.5 Å². The van der Waals surface area contributed by atoms with Crippen LogP contribution in [0.25, 0.3) is 0 Å². The van der Waals surface area contributed by atoms with Gasteiger partial charge in [-0.15, -0.1) is 0 Å². The van der Waals surface area contributed by atoms with E-state index < -0.39 is 6.10 Å². The fraction of sp³-hybridized carbons (Fsp3) is 0.533. The third-order valence-corrected chi connectivity index (χ3v) is 3.55. The molecule has 1 aromatic carbocycles. The van der Waals surface area contributed by atoms with Crippen LogP contribution in [-0.4, -0.2) is 23.7 Å². The minimum atomic E-state index is -0.520. The fourth-order valence-electron chi connectivity index (χ4n) is 2.72. The van der Waals surface area contributed by atoms with Crippen molar-refractivity contribution in [3.63, 3.8) is 0 Å². The van der Waals surface area contributed by atoms with Gasteiger partial charge in [-0.2, -0.15) is 0 Å². The summed E-state index contributed by atoms with van der Waals surface area (Å²) < 4.78 is 0. The summed E-state index contributed by atoms with van der Waals surface area (Å²) in [6.07, 6.45) is 1.54. The highest BCUT2D eigenvalue weighted by atomic mass is 16.3. The molecule has 0 radical (unpaired) electrons. The minimum Gasteiger partial charge on any atom is -0.391 e. The van der Waals surface area contributed by atoms with E-state index in [4.69, 9.17) is 0 Å². The molecule has 1 aliphatic heterocycles. The molecule has 1 atom stereocenters. The molecule has 1 unspecified atom stereocenters. The molecule has 1 aliphatic rings. The van der Waals surface area contributed by atoms with Gasteiger partial charge in [0.05, 0.1) is 24.8 Å². The van der Waals surface area contributed by atoms with Gasteiger partial charge >= 0.3 is 0 Å². The summed E-state index contributed by atoms with van der Waals surface area (Å²) in [5.74, 6) is 0.0377. The Hall–Kier alpha value is -1.35. The van der Waals surface area contributed by atoms with Crippen molar-refractivity contribution >= 4 is 11.6 Å². The number of benzene rings is 1. The van der Waals surface area contributed by atoms with Crippen molar-refractivity contribution in [2.24, 2.45) is 0 Å². The molecule has 1 heterocycles. The quantitative estimate of drug-likeness (QED) is 0.889. The summed E-state index contributed by atoms with van der Waals surface area (Å²) in [7, 11) is 0. The van der Waals surface area contributed by atoms with Crippen LogP contribution in [0.2, 0.25) is 0 Å². The zero-order chi connectivity index (χ0) is 13.3. The van der Waals surface area contributed by atoms with Gasteiger partial charge in [-0.25, -0.2) is 0 Å². The molecule has 0 bridgehead atoms. The summed E-state index contributed by atoms with van der Waals surface area (Å²) >= 11 is 0. The second-order valence-corrected chi connectivity index (χ2v) is 5.00. The molecule has 3 heteroatoms. The van der Waals surface area contributed by atoms with Crippen LogP contribution in [0, 0.1) is 6.92 Å². The number of aliphatic hydroxyl groups excluding tert-OH is 1. The number of aryl methyl sites for hydroxylation is 3. The van der Waals surface area contributed by atoms with Gasteiger partial charge in [-0.1, -0.05) is 31.5 Å². The summed E-state index contributed by atoms with van der Waals surface area (Å²) in [6, 6.07) is 4.29. The van der Waals surface area contributed by atoms with Crippen molar-refractivity contribution in [1.29, 1.82) is 0 Å². The number of aliphatic hydroxyl groups is 1. The number of amides is 1. The van der Waals surface area contributed by atoms with Crippen LogP contribution in [0.3, 0.4) is 0 Å². The zero-order valence-electron chi connectivity index (χ0n) is 11.4. The molecule has 1 fully saturated rings. The Bertz CT molecular complexity index is 443. The maximum Gasteiger partial charge on any atom is 0.229 e. The lowest BCUT2D eigenvalue weighted by Crippen LogP contribution is -2.27. The fourth-order valence-corrected chi connectivity index (χ4v) is 2.72. The molecule has 1 N–H and O–H groups in total. The first-order valence-electron chi connectivity index (χ1n) is 6.67. The lowest BCUT2D eigenvalue weighted by Gasteiger charge is -2.23. The highest BCUT2D eigenvalue weighted by Gasteiger charge is 2.31. The molecule has 0 aliphatic carbocycles. The van der Waals surface area contributed by atoms with Gasteiger partial charge in [0.1, 0.15) is 0 Å². The molecule has 0 aromatic heterocycles. The highest BCUT2D eigenvalue weighted by molar-refractivity contribution is 5.97. The Morgan fingerprint density at radius 2 is 1.83 bits per heavy atom. The van der Waals surface area contributed by atoms with E-state index >= 15 is 0 Å². The smallest absolute Gasteiger partial charge is 0.229 e. The van der Waals surface area contributed by atoms with Crippen molar-refractivity contribution in [3.8, 4) is 0 Å². The van der Waals surface area contributed by atoms with Gasteiger partial charge in [0.15, 0.2) is 0 Å². The molecule has 2 rings (SSSR count). The number of carbonyl (C=O) groups is 1. The van der Waals surface area contributed by atoms with Crippen LogP contribution >= 0.6 is 0 Å². The molecule has 0 saturated carbocycles. The van der Waals surface area contributed by atoms with Crippen molar-refractivity contribution in [2.45, 2.75) is 46.1 Å². The van der Waals surface area contributed by atoms with Crippen LogP contribution < -0.4 is 4.90 Å². The monoisotopic (exact) mass is 247 g/mol. The second-order valence-electron chi connectivity index (χ2n) is 5.00. The molecular weight excluding hydrogens is 226 g/mol. The number of nitrogens with zero attached hydrogens (tertiary/aromatic N) is 1. The van der Waals surface area contributed by atoms with Crippen molar-refractivity contribution < 1.29 is 9.90 Å². The maximum absolute atomic E-state index is 12.0. The van der Waals surface area contributed by atoms with Crippen LogP contribution in [0.5, 0.6) is 0 Å². The standard InChI is InChI=1S/C15H21NO2/c1-4-11-6-10(3)7-12(5-2)15(11)16-9-13(17)8-14(16)18/h6-7,13,17H,4-5,8-9H2,1-3H3. The SMILES string of the molecule is CCc1cc(C)cc(CC)c1N1CC(O)CC1=O. The molecule has 3 nitrogen and oxygen atoms in total. The van der Waals surface area contributed by atoms with E-state index in [9.17, 15) is 9.90 Å². The number of carbonyl (C=O) groups excluding carboxylic acids is 1. The second kappa shape index (κ2) is 5.11.